The molecule has 3 N–H and O–H groups in total. The molecule has 0 saturated carbocycles. The van der Waals surface area contributed by atoms with Crippen molar-refractivity contribution in [3.63, 3.8) is 0 Å². The van der Waals surface area contributed by atoms with Crippen molar-refractivity contribution in [1.29, 1.82) is 0 Å². The van der Waals surface area contributed by atoms with Crippen LogP contribution in [0, 0.1) is 0 Å². The van der Waals surface area contributed by atoms with E-state index < -0.39 is 29.1 Å². The summed E-state index contributed by atoms with van der Waals surface area (Å²) in [6.07, 6.45) is -3.64. The molecular weight excluding hydrogens is 509 g/mol. The van der Waals surface area contributed by atoms with Gasteiger partial charge in [-0.15, -0.1) is 11.3 Å². The molecule has 0 spiro atoms. The highest BCUT2D eigenvalue weighted by atomic mass is 35.5. The summed E-state index contributed by atoms with van der Waals surface area (Å²) in [5, 5.41) is 11.3. The van der Waals surface area contributed by atoms with E-state index in [1.54, 1.807) is 36.4 Å². The molecule has 0 saturated heterocycles. The first kappa shape index (κ1) is 24.8. The van der Waals surface area contributed by atoms with Gasteiger partial charge >= 0.3 is 6.18 Å². The van der Waals surface area contributed by atoms with Crippen molar-refractivity contribution >= 4 is 44.3 Å². The number of hydrogen-bond acceptors (Lipinski definition) is 4. The number of fused-ring (bicyclic) bond motifs is 1. The molecule has 2 aromatic heterocycles. The van der Waals surface area contributed by atoms with Crippen molar-refractivity contribution in [3.05, 3.63) is 87.9 Å². The molecule has 0 aliphatic rings. The Kier molecular flexibility index (Phi) is 6.83. The van der Waals surface area contributed by atoms with Crippen LogP contribution in [0.4, 0.5) is 13.2 Å². The Hall–Kier alpha value is -2.34. The standard InChI is InChI=1S/C23H18ClF3N2O3S2/c1-22(30,23(25,26)27)14-9-10-28-18(12-14)16-7-4-5-13-11-19(33-21(13)16)20(29-34(31)32)15-6-2-3-8-17(15)24/h2-12,20,29-30H,1H3,(H,31,32). The highest BCUT2D eigenvalue weighted by molar-refractivity contribution is 7.77. The maximum absolute atomic E-state index is 13.4. The van der Waals surface area contributed by atoms with E-state index in [9.17, 15) is 27.0 Å². The first-order chi connectivity index (χ1) is 16.0. The molecule has 4 rings (SSSR count). The quantitative estimate of drug-likeness (QED) is 0.261. The smallest absolute Gasteiger partial charge is 0.376 e. The average Bonchev–Trinajstić information content (AvgIpc) is 3.21. The second-order valence-corrected chi connectivity index (χ2v) is 9.92. The normalized spacial score (nSPS) is 15.7. The molecule has 2 heterocycles. The monoisotopic (exact) mass is 526 g/mol. The van der Waals surface area contributed by atoms with Crippen LogP contribution in [0.25, 0.3) is 21.3 Å². The summed E-state index contributed by atoms with van der Waals surface area (Å²) in [5.74, 6) is 0. The molecule has 11 heteroatoms. The van der Waals surface area contributed by atoms with Gasteiger partial charge in [0, 0.05) is 26.4 Å². The number of nitrogens with one attached hydrogen (secondary N) is 1. The Labute approximate surface area is 204 Å². The number of alkyl halides is 3. The van der Waals surface area contributed by atoms with E-state index in [1.165, 1.54) is 23.6 Å². The van der Waals surface area contributed by atoms with E-state index in [-0.39, 0.29) is 11.3 Å². The molecule has 178 valence electrons. The van der Waals surface area contributed by atoms with Crippen molar-refractivity contribution in [3.8, 4) is 11.3 Å². The van der Waals surface area contributed by atoms with Crippen molar-refractivity contribution in [2.75, 3.05) is 0 Å². The SMILES string of the molecule is CC(O)(c1ccnc(-c2cccc3cc(C(NS(=O)O)c4ccccc4Cl)sc23)c1)C(F)(F)F. The van der Waals surface area contributed by atoms with Crippen molar-refractivity contribution in [2.45, 2.75) is 24.7 Å². The number of halogens is 4. The Balaban J connectivity index is 1.84. The van der Waals surface area contributed by atoms with Crippen molar-refractivity contribution in [1.82, 2.24) is 9.71 Å². The Morgan fingerprint density at radius 2 is 1.85 bits per heavy atom. The van der Waals surface area contributed by atoms with Crippen LogP contribution in [0.2, 0.25) is 5.02 Å². The number of thiophene rings is 1. The molecule has 0 amide bonds. The summed E-state index contributed by atoms with van der Waals surface area (Å²) in [6, 6.07) is 15.7. The Morgan fingerprint density at radius 3 is 2.53 bits per heavy atom. The van der Waals surface area contributed by atoms with Gasteiger partial charge in [-0.1, -0.05) is 48.0 Å². The maximum Gasteiger partial charge on any atom is 0.421 e. The minimum absolute atomic E-state index is 0.258. The lowest BCUT2D eigenvalue weighted by molar-refractivity contribution is -0.258. The summed E-state index contributed by atoms with van der Waals surface area (Å²) < 4.78 is 64.5. The van der Waals surface area contributed by atoms with E-state index in [1.807, 2.05) is 12.1 Å². The lowest BCUT2D eigenvalue weighted by Gasteiger charge is -2.26. The molecular formula is C23H18ClF3N2O3S2. The van der Waals surface area contributed by atoms with Crippen molar-refractivity contribution < 1.29 is 27.0 Å². The van der Waals surface area contributed by atoms with Gasteiger partial charge in [0.1, 0.15) is 0 Å². The van der Waals surface area contributed by atoms with Gasteiger partial charge in [-0.3, -0.25) is 9.54 Å². The predicted octanol–water partition coefficient (Wildman–Crippen LogP) is 6.20. The average molecular weight is 527 g/mol. The molecule has 5 nitrogen and oxygen atoms in total. The van der Waals surface area contributed by atoms with E-state index in [2.05, 4.69) is 9.71 Å². The van der Waals surface area contributed by atoms with Gasteiger partial charge in [0.05, 0.1) is 11.7 Å². The summed E-state index contributed by atoms with van der Waals surface area (Å²) in [6.45, 7) is 0.699. The van der Waals surface area contributed by atoms with Crippen LogP contribution in [0.5, 0.6) is 0 Å². The molecule has 3 atom stereocenters. The first-order valence-corrected chi connectivity index (χ1v) is 12.2. The topological polar surface area (TPSA) is 82.5 Å². The fraction of sp³-hybridized carbons (Fsp3) is 0.174. The third-order valence-corrected chi connectivity index (χ3v) is 7.46. The number of aromatic nitrogens is 1. The van der Waals surface area contributed by atoms with Crippen LogP contribution < -0.4 is 4.72 Å². The van der Waals surface area contributed by atoms with E-state index in [0.717, 1.165) is 16.2 Å². The number of hydrogen-bond donors (Lipinski definition) is 3. The zero-order chi connectivity index (χ0) is 24.7. The first-order valence-electron chi connectivity index (χ1n) is 9.89. The van der Waals surface area contributed by atoms with Gasteiger partial charge in [0.15, 0.2) is 5.60 Å². The zero-order valence-electron chi connectivity index (χ0n) is 17.5. The summed E-state index contributed by atoms with van der Waals surface area (Å²) in [7, 11) is 0. The maximum atomic E-state index is 13.4. The number of rotatable bonds is 6. The van der Waals surface area contributed by atoms with E-state index in [0.29, 0.717) is 28.0 Å². The summed E-state index contributed by atoms with van der Waals surface area (Å²) in [5.41, 5.74) is -1.94. The molecule has 3 unspecified atom stereocenters. The zero-order valence-corrected chi connectivity index (χ0v) is 19.9. The van der Waals surface area contributed by atoms with Gasteiger partial charge in [0.2, 0.25) is 11.3 Å². The largest absolute Gasteiger partial charge is 0.421 e. The molecule has 0 fully saturated rings. The molecule has 0 aliphatic carbocycles. The van der Waals surface area contributed by atoms with Gasteiger partial charge < -0.3 is 5.11 Å². The molecule has 2 aromatic carbocycles. The summed E-state index contributed by atoms with van der Waals surface area (Å²) in [4.78, 5) is 4.91. The fourth-order valence-corrected chi connectivity index (χ4v) is 5.58. The minimum atomic E-state index is -4.86. The summed E-state index contributed by atoms with van der Waals surface area (Å²) >= 11 is 5.30. The van der Waals surface area contributed by atoms with E-state index in [4.69, 9.17) is 11.6 Å². The van der Waals surface area contributed by atoms with Gasteiger partial charge in [0.25, 0.3) is 0 Å². The van der Waals surface area contributed by atoms with Gasteiger partial charge in [-0.2, -0.15) is 13.2 Å². The van der Waals surface area contributed by atoms with Crippen LogP contribution in [0.1, 0.15) is 29.0 Å². The van der Waals surface area contributed by atoms with Crippen LogP contribution in [0.15, 0.2) is 66.9 Å². The third-order valence-electron chi connectivity index (χ3n) is 5.43. The van der Waals surface area contributed by atoms with Crippen LogP contribution in [0.3, 0.4) is 0 Å². The molecule has 0 radical (unpaired) electrons. The number of benzene rings is 2. The van der Waals surface area contributed by atoms with Gasteiger partial charge in [-0.05, 0) is 47.7 Å². The molecule has 34 heavy (non-hydrogen) atoms. The fourth-order valence-electron chi connectivity index (χ4n) is 3.56. The Bertz CT molecular complexity index is 1380. The van der Waals surface area contributed by atoms with Crippen molar-refractivity contribution in [2.24, 2.45) is 0 Å². The molecule has 4 aromatic rings. The number of pyridine rings is 1. The Morgan fingerprint density at radius 1 is 1.12 bits per heavy atom. The lowest BCUT2D eigenvalue weighted by Crippen LogP contribution is -2.39. The predicted molar refractivity (Wildman–Crippen MR) is 128 cm³/mol. The van der Waals surface area contributed by atoms with Crippen LogP contribution >= 0.6 is 22.9 Å². The molecule has 0 aliphatic heterocycles. The second-order valence-electron chi connectivity index (χ2n) is 7.69. The minimum Gasteiger partial charge on any atom is -0.376 e. The highest BCUT2D eigenvalue weighted by Crippen LogP contribution is 2.42. The lowest BCUT2D eigenvalue weighted by atomic mass is 9.94. The number of nitrogens with zero attached hydrogens (tertiary/aromatic N) is 1. The second kappa shape index (κ2) is 9.37. The van der Waals surface area contributed by atoms with Crippen LogP contribution in [-0.2, 0) is 16.9 Å². The third kappa shape index (κ3) is 4.74. The number of aliphatic hydroxyl groups is 1. The van der Waals surface area contributed by atoms with E-state index >= 15 is 0 Å². The van der Waals surface area contributed by atoms with Crippen LogP contribution in [-0.4, -0.2) is 25.0 Å². The highest BCUT2D eigenvalue weighted by Gasteiger charge is 2.51. The molecule has 0 bridgehead atoms. The van der Waals surface area contributed by atoms with Gasteiger partial charge in [-0.25, -0.2) is 8.93 Å².